The topological polar surface area (TPSA) is 59.8 Å². The third-order valence-corrected chi connectivity index (χ3v) is 3.38. The summed E-state index contributed by atoms with van der Waals surface area (Å²) in [6.45, 7) is 1.77. The predicted octanol–water partition coefficient (Wildman–Crippen LogP) is 2.75. The molecule has 7 heteroatoms. The number of nitrogens with one attached hydrogen (secondary N) is 1. The van der Waals surface area contributed by atoms with Crippen molar-refractivity contribution in [2.45, 2.75) is 12.1 Å². The average molecular weight is 309 g/mol. The molecule has 0 saturated carbocycles. The van der Waals surface area contributed by atoms with Crippen LogP contribution in [0.3, 0.4) is 0 Å². The van der Waals surface area contributed by atoms with Gasteiger partial charge in [-0.05, 0) is 37.0 Å². The minimum Gasteiger partial charge on any atom is -0.268 e. The van der Waals surface area contributed by atoms with E-state index in [0.29, 0.717) is 16.0 Å². The zero-order valence-electron chi connectivity index (χ0n) is 11.0. The Balaban J connectivity index is 2.05. The van der Waals surface area contributed by atoms with Crippen molar-refractivity contribution in [3.05, 3.63) is 46.8 Å². The number of aromatic nitrogens is 3. The summed E-state index contributed by atoms with van der Waals surface area (Å²) in [6, 6.07) is 7.22. The van der Waals surface area contributed by atoms with Crippen LogP contribution in [0.15, 0.2) is 35.5 Å². The van der Waals surface area contributed by atoms with E-state index in [1.54, 1.807) is 29.8 Å². The molecule has 0 aliphatic carbocycles. The van der Waals surface area contributed by atoms with Crippen LogP contribution >= 0.6 is 23.4 Å². The lowest BCUT2D eigenvalue weighted by atomic mass is 10.2. The Morgan fingerprint density at radius 3 is 2.70 bits per heavy atom. The second-order valence-electron chi connectivity index (χ2n) is 3.93. The monoisotopic (exact) mass is 308 g/mol. The molecule has 104 valence electrons. The van der Waals surface area contributed by atoms with Crippen LogP contribution in [-0.4, -0.2) is 27.0 Å². The standard InChI is InChI=1S/C13H13ClN4OS/c1-9-15-16-13(20-2)18(9)17-12(19)8-5-10-3-6-11(14)7-4-10/h3-8H,1-2H3,(H,17,19). The third kappa shape index (κ3) is 3.61. The Bertz CT molecular complexity index is 636. The summed E-state index contributed by atoms with van der Waals surface area (Å²) >= 11 is 7.21. The first-order chi connectivity index (χ1) is 9.60. The minimum absolute atomic E-state index is 0.252. The molecule has 1 aromatic heterocycles. The Morgan fingerprint density at radius 1 is 1.35 bits per heavy atom. The summed E-state index contributed by atoms with van der Waals surface area (Å²) < 4.78 is 1.55. The van der Waals surface area contributed by atoms with Crippen LogP contribution in [0.2, 0.25) is 5.02 Å². The minimum atomic E-state index is -0.252. The van der Waals surface area contributed by atoms with E-state index in [4.69, 9.17) is 11.6 Å². The van der Waals surface area contributed by atoms with Crippen LogP contribution in [0, 0.1) is 6.92 Å². The molecular weight excluding hydrogens is 296 g/mol. The molecule has 0 spiro atoms. The van der Waals surface area contributed by atoms with Crippen molar-refractivity contribution in [1.82, 2.24) is 14.9 Å². The smallest absolute Gasteiger partial charge is 0.262 e. The van der Waals surface area contributed by atoms with Crippen LogP contribution in [0.4, 0.5) is 0 Å². The maximum atomic E-state index is 11.9. The number of carbonyl (C=O) groups is 1. The quantitative estimate of drug-likeness (QED) is 0.697. The molecule has 0 atom stereocenters. The van der Waals surface area contributed by atoms with Crippen molar-refractivity contribution < 1.29 is 4.79 Å². The van der Waals surface area contributed by atoms with Gasteiger partial charge in [-0.2, -0.15) is 0 Å². The Kier molecular flexibility index (Phi) is 4.81. The summed E-state index contributed by atoms with van der Waals surface area (Å²) in [5.41, 5.74) is 3.61. The first-order valence-corrected chi connectivity index (χ1v) is 7.41. The van der Waals surface area contributed by atoms with Gasteiger partial charge >= 0.3 is 0 Å². The lowest BCUT2D eigenvalue weighted by Gasteiger charge is -2.06. The second kappa shape index (κ2) is 6.58. The molecule has 2 aromatic rings. The predicted molar refractivity (Wildman–Crippen MR) is 81.4 cm³/mol. The highest BCUT2D eigenvalue weighted by Gasteiger charge is 2.08. The molecule has 0 saturated heterocycles. The number of hydrogen-bond donors (Lipinski definition) is 1. The van der Waals surface area contributed by atoms with E-state index in [0.717, 1.165) is 5.56 Å². The molecule has 1 heterocycles. The van der Waals surface area contributed by atoms with Crippen LogP contribution in [0.5, 0.6) is 0 Å². The molecule has 0 radical (unpaired) electrons. The van der Waals surface area contributed by atoms with Crippen LogP contribution < -0.4 is 5.43 Å². The molecular formula is C13H13ClN4OS. The molecule has 1 aromatic carbocycles. The van der Waals surface area contributed by atoms with Crippen molar-refractivity contribution >= 4 is 35.3 Å². The van der Waals surface area contributed by atoms with Gasteiger partial charge in [-0.3, -0.25) is 10.2 Å². The second-order valence-corrected chi connectivity index (χ2v) is 5.14. The van der Waals surface area contributed by atoms with E-state index in [1.807, 2.05) is 18.4 Å². The van der Waals surface area contributed by atoms with Crippen molar-refractivity contribution in [2.24, 2.45) is 0 Å². The van der Waals surface area contributed by atoms with Gasteiger partial charge in [0.05, 0.1) is 0 Å². The summed E-state index contributed by atoms with van der Waals surface area (Å²) in [5, 5.41) is 9.14. The highest BCUT2D eigenvalue weighted by molar-refractivity contribution is 7.98. The largest absolute Gasteiger partial charge is 0.268 e. The molecule has 0 aliphatic heterocycles. The van der Waals surface area contributed by atoms with E-state index < -0.39 is 0 Å². The van der Waals surface area contributed by atoms with Gasteiger partial charge in [0.25, 0.3) is 5.91 Å². The number of benzene rings is 1. The molecule has 0 bridgehead atoms. The van der Waals surface area contributed by atoms with Crippen molar-refractivity contribution in [1.29, 1.82) is 0 Å². The van der Waals surface area contributed by atoms with Gasteiger partial charge in [-0.15, -0.1) is 10.2 Å². The summed E-state index contributed by atoms with van der Waals surface area (Å²) in [5.74, 6) is 0.376. The highest BCUT2D eigenvalue weighted by Crippen LogP contribution is 2.12. The average Bonchev–Trinajstić information content (AvgIpc) is 2.79. The van der Waals surface area contributed by atoms with E-state index in [9.17, 15) is 4.79 Å². The summed E-state index contributed by atoms with van der Waals surface area (Å²) in [6.07, 6.45) is 5.03. The maximum Gasteiger partial charge on any atom is 0.262 e. The number of carbonyl (C=O) groups excluding carboxylic acids is 1. The third-order valence-electron chi connectivity index (χ3n) is 2.50. The van der Waals surface area contributed by atoms with Gasteiger partial charge in [-0.25, -0.2) is 4.68 Å². The van der Waals surface area contributed by atoms with Crippen LogP contribution in [-0.2, 0) is 4.79 Å². The maximum absolute atomic E-state index is 11.9. The number of rotatable bonds is 4. The summed E-state index contributed by atoms with van der Waals surface area (Å²) in [7, 11) is 0. The SMILES string of the molecule is CSc1nnc(C)n1NC(=O)C=Cc1ccc(Cl)cc1. The van der Waals surface area contributed by atoms with Gasteiger partial charge in [0.1, 0.15) is 5.82 Å². The van der Waals surface area contributed by atoms with E-state index in [-0.39, 0.29) is 5.91 Å². The first kappa shape index (κ1) is 14.6. The Labute approximate surface area is 126 Å². The summed E-state index contributed by atoms with van der Waals surface area (Å²) in [4.78, 5) is 11.9. The fraction of sp³-hybridized carbons (Fsp3) is 0.154. The van der Waals surface area contributed by atoms with Crippen LogP contribution in [0.1, 0.15) is 11.4 Å². The number of hydrogen-bond acceptors (Lipinski definition) is 4. The zero-order chi connectivity index (χ0) is 14.5. The lowest BCUT2D eigenvalue weighted by molar-refractivity contribution is -0.112. The molecule has 20 heavy (non-hydrogen) atoms. The number of aryl methyl sites for hydroxylation is 1. The molecule has 0 fully saturated rings. The van der Waals surface area contributed by atoms with E-state index in [2.05, 4.69) is 15.6 Å². The number of halogens is 1. The molecule has 0 aliphatic rings. The van der Waals surface area contributed by atoms with E-state index >= 15 is 0 Å². The Morgan fingerprint density at radius 2 is 2.05 bits per heavy atom. The molecule has 0 unspecified atom stereocenters. The lowest BCUT2D eigenvalue weighted by Crippen LogP contribution is -2.22. The fourth-order valence-electron chi connectivity index (χ4n) is 1.50. The van der Waals surface area contributed by atoms with Gasteiger partial charge in [-0.1, -0.05) is 35.5 Å². The van der Waals surface area contributed by atoms with Gasteiger partial charge < -0.3 is 0 Å². The molecule has 5 nitrogen and oxygen atoms in total. The fourth-order valence-corrected chi connectivity index (χ4v) is 2.11. The van der Waals surface area contributed by atoms with Crippen LogP contribution in [0.25, 0.3) is 6.08 Å². The number of nitrogens with zero attached hydrogens (tertiary/aromatic N) is 3. The zero-order valence-corrected chi connectivity index (χ0v) is 12.6. The molecule has 1 N–H and O–H groups in total. The first-order valence-electron chi connectivity index (χ1n) is 5.81. The van der Waals surface area contributed by atoms with Crippen molar-refractivity contribution in [2.75, 3.05) is 11.7 Å². The van der Waals surface area contributed by atoms with Crippen molar-refractivity contribution in [3.63, 3.8) is 0 Å². The molecule has 2 rings (SSSR count). The van der Waals surface area contributed by atoms with Gasteiger partial charge in [0.2, 0.25) is 5.16 Å². The Hall–Kier alpha value is -1.79. The van der Waals surface area contributed by atoms with Gasteiger partial charge in [0.15, 0.2) is 0 Å². The normalized spacial score (nSPS) is 10.9. The molecule has 1 amide bonds. The van der Waals surface area contributed by atoms with Crippen molar-refractivity contribution in [3.8, 4) is 0 Å². The number of amides is 1. The number of thioether (sulfide) groups is 1. The van der Waals surface area contributed by atoms with Gasteiger partial charge in [0, 0.05) is 11.1 Å². The highest BCUT2D eigenvalue weighted by atomic mass is 35.5. The van der Waals surface area contributed by atoms with E-state index in [1.165, 1.54) is 17.8 Å².